The minimum absolute atomic E-state index is 0.353. The first-order valence-electron chi connectivity index (χ1n) is 6.59. The van der Waals surface area contributed by atoms with Gasteiger partial charge in [0.1, 0.15) is 0 Å². The summed E-state index contributed by atoms with van der Waals surface area (Å²) in [6, 6.07) is 2.25. The summed E-state index contributed by atoms with van der Waals surface area (Å²) < 4.78 is 0. The highest BCUT2D eigenvalue weighted by atomic mass is 14.9. The van der Waals surface area contributed by atoms with E-state index < -0.39 is 0 Å². The molecule has 1 heterocycles. The monoisotopic (exact) mass is 233 g/mol. The Morgan fingerprint density at radius 1 is 1.47 bits per heavy atom. The second-order valence-electron chi connectivity index (χ2n) is 5.30. The van der Waals surface area contributed by atoms with Crippen LogP contribution in [0.3, 0.4) is 0 Å². The quantitative estimate of drug-likeness (QED) is 0.844. The van der Waals surface area contributed by atoms with Crippen molar-refractivity contribution in [2.75, 3.05) is 12.8 Å². The normalized spacial score (nSPS) is 26.7. The summed E-state index contributed by atoms with van der Waals surface area (Å²) in [4.78, 5) is 4.21. The van der Waals surface area contributed by atoms with Crippen LogP contribution in [0, 0.1) is 11.8 Å². The lowest BCUT2D eigenvalue weighted by atomic mass is 9.77. The molecule has 3 unspecified atom stereocenters. The summed E-state index contributed by atoms with van der Waals surface area (Å²) in [6.07, 6.45) is 8.97. The predicted molar refractivity (Wildman–Crippen MR) is 71.6 cm³/mol. The molecule has 0 spiro atoms. The number of nitrogens with one attached hydrogen (secondary N) is 1. The molecule has 1 fully saturated rings. The predicted octanol–water partition coefficient (Wildman–Crippen LogP) is 2.75. The molecule has 3 atom stereocenters. The number of anilines is 1. The summed E-state index contributed by atoms with van der Waals surface area (Å²) in [5, 5.41) is 3.43. The third-order valence-corrected chi connectivity index (χ3v) is 3.98. The zero-order valence-corrected chi connectivity index (χ0v) is 10.8. The van der Waals surface area contributed by atoms with Gasteiger partial charge in [-0.15, -0.1) is 0 Å². The number of hydrogen-bond donors (Lipinski definition) is 2. The van der Waals surface area contributed by atoms with E-state index in [1.165, 1.54) is 25.7 Å². The molecule has 0 bridgehead atoms. The van der Waals surface area contributed by atoms with E-state index in [4.69, 9.17) is 5.73 Å². The van der Waals surface area contributed by atoms with Crippen molar-refractivity contribution in [2.24, 2.45) is 11.8 Å². The van der Waals surface area contributed by atoms with Crippen molar-refractivity contribution >= 4 is 5.69 Å². The van der Waals surface area contributed by atoms with E-state index in [2.05, 4.69) is 17.2 Å². The largest absolute Gasteiger partial charge is 0.398 e. The molecule has 0 aromatic carbocycles. The number of pyridine rings is 1. The van der Waals surface area contributed by atoms with Gasteiger partial charge in [-0.2, -0.15) is 0 Å². The Morgan fingerprint density at radius 2 is 2.29 bits per heavy atom. The molecular weight excluding hydrogens is 210 g/mol. The minimum Gasteiger partial charge on any atom is -0.398 e. The van der Waals surface area contributed by atoms with Gasteiger partial charge in [0, 0.05) is 29.7 Å². The van der Waals surface area contributed by atoms with E-state index in [-0.39, 0.29) is 0 Å². The molecule has 17 heavy (non-hydrogen) atoms. The molecule has 1 aromatic rings. The van der Waals surface area contributed by atoms with Gasteiger partial charge in [-0.1, -0.05) is 19.8 Å². The zero-order valence-electron chi connectivity index (χ0n) is 10.8. The van der Waals surface area contributed by atoms with Crippen molar-refractivity contribution < 1.29 is 0 Å². The fourth-order valence-corrected chi connectivity index (χ4v) is 3.11. The van der Waals surface area contributed by atoms with Crippen molar-refractivity contribution in [1.29, 1.82) is 0 Å². The van der Waals surface area contributed by atoms with Crippen LogP contribution >= 0.6 is 0 Å². The number of nitrogens with two attached hydrogens (primary N) is 1. The van der Waals surface area contributed by atoms with Crippen LogP contribution in [-0.4, -0.2) is 12.0 Å². The van der Waals surface area contributed by atoms with Crippen molar-refractivity contribution in [3.63, 3.8) is 0 Å². The summed E-state index contributed by atoms with van der Waals surface area (Å²) >= 11 is 0. The molecule has 3 nitrogen and oxygen atoms in total. The minimum atomic E-state index is 0.353. The molecule has 1 aromatic heterocycles. The van der Waals surface area contributed by atoms with Crippen LogP contribution in [0.25, 0.3) is 0 Å². The van der Waals surface area contributed by atoms with Crippen molar-refractivity contribution in [1.82, 2.24) is 10.3 Å². The Hall–Kier alpha value is -1.09. The smallest absolute Gasteiger partial charge is 0.0393 e. The lowest BCUT2D eigenvalue weighted by molar-refractivity contribution is 0.230. The van der Waals surface area contributed by atoms with E-state index in [1.54, 1.807) is 6.20 Å². The highest BCUT2D eigenvalue weighted by Gasteiger charge is 2.27. The Bertz CT molecular complexity index is 364. The van der Waals surface area contributed by atoms with E-state index in [1.807, 2.05) is 19.3 Å². The summed E-state index contributed by atoms with van der Waals surface area (Å²) in [5.41, 5.74) is 8.08. The van der Waals surface area contributed by atoms with Gasteiger partial charge in [0.2, 0.25) is 0 Å². The average molecular weight is 233 g/mol. The standard InChI is InChI=1S/C14H23N3/c1-10-4-3-5-11(8-10)14(16-2)12-9-17-7-6-13(12)15/h6-7,9-11,14,16H,3-5,8H2,1-2H3,(H2,15,17). The van der Waals surface area contributed by atoms with Crippen molar-refractivity contribution in [3.8, 4) is 0 Å². The molecule has 0 amide bonds. The van der Waals surface area contributed by atoms with E-state index in [0.717, 1.165) is 17.2 Å². The molecule has 1 aliphatic rings. The van der Waals surface area contributed by atoms with Crippen LogP contribution in [0.5, 0.6) is 0 Å². The maximum atomic E-state index is 6.06. The summed E-state index contributed by atoms with van der Waals surface area (Å²) in [5.74, 6) is 1.53. The van der Waals surface area contributed by atoms with Gasteiger partial charge >= 0.3 is 0 Å². The molecule has 3 N–H and O–H groups in total. The molecule has 0 radical (unpaired) electrons. The lowest BCUT2D eigenvalue weighted by Crippen LogP contribution is -2.29. The Morgan fingerprint density at radius 3 is 2.94 bits per heavy atom. The maximum absolute atomic E-state index is 6.06. The number of nitrogen functional groups attached to an aromatic ring is 1. The fraction of sp³-hybridized carbons (Fsp3) is 0.643. The van der Waals surface area contributed by atoms with Crippen LogP contribution in [0.1, 0.15) is 44.2 Å². The molecule has 94 valence electrons. The Kier molecular flexibility index (Phi) is 4.00. The van der Waals surface area contributed by atoms with Crippen molar-refractivity contribution in [3.05, 3.63) is 24.0 Å². The number of aromatic nitrogens is 1. The van der Waals surface area contributed by atoms with Crippen molar-refractivity contribution in [2.45, 2.75) is 38.6 Å². The first-order valence-corrected chi connectivity index (χ1v) is 6.59. The highest BCUT2D eigenvalue weighted by Crippen LogP contribution is 2.38. The van der Waals surface area contributed by atoms with Gasteiger partial charge in [-0.3, -0.25) is 4.98 Å². The van der Waals surface area contributed by atoms with Crippen LogP contribution in [0.2, 0.25) is 0 Å². The van der Waals surface area contributed by atoms with Crippen LogP contribution < -0.4 is 11.1 Å². The number of rotatable bonds is 3. The first kappa shape index (κ1) is 12.4. The Balaban J connectivity index is 2.18. The topological polar surface area (TPSA) is 50.9 Å². The maximum Gasteiger partial charge on any atom is 0.0393 e. The highest BCUT2D eigenvalue weighted by molar-refractivity contribution is 5.46. The van der Waals surface area contributed by atoms with Gasteiger partial charge in [-0.05, 0) is 37.8 Å². The van der Waals surface area contributed by atoms with Crippen LogP contribution in [-0.2, 0) is 0 Å². The van der Waals surface area contributed by atoms with Crippen LogP contribution in [0.4, 0.5) is 5.69 Å². The third kappa shape index (κ3) is 2.78. The molecular formula is C14H23N3. The average Bonchev–Trinajstić information content (AvgIpc) is 2.33. The molecule has 0 aliphatic heterocycles. The second kappa shape index (κ2) is 5.50. The number of hydrogen-bond acceptors (Lipinski definition) is 3. The van der Waals surface area contributed by atoms with E-state index in [9.17, 15) is 0 Å². The number of nitrogens with zero attached hydrogens (tertiary/aromatic N) is 1. The zero-order chi connectivity index (χ0) is 12.3. The SMILES string of the molecule is CNC(c1cnccc1N)C1CCCC(C)C1. The summed E-state index contributed by atoms with van der Waals surface area (Å²) in [7, 11) is 2.02. The summed E-state index contributed by atoms with van der Waals surface area (Å²) in [6.45, 7) is 2.35. The Labute approximate surface area is 104 Å². The van der Waals surface area contributed by atoms with Gasteiger partial charge in [0.25, 0.3) is 0 Å². The fourth-order valence-electron chi connectivity index (χ4n) is 3.11. The van der Waals surface area contributed by atoms with Crippen LogP contribution in [0.15, 0.2) is 18.5 Å². The van der Waals surface area contributed by atoms with E-state index >= 15 is 0 Å². The molecule has 2 rings (SSSR count). The third-order valence-electron chi connectivity index (χ3n) is 3.98. The van der Waals surface area contributed by atoms with E-state index in [0.29, 0.717) is 12.0 Å². The van der Waals surface area contributed by atoms with Gasteiger partial charge in [0.05, 0.1) is 0 Å². The lowest BCUT2D eigenvalue weighted by Gasteiger charge is -2.33. The van der Waals surface area contributed by atoms with Gasteiger partial charge in [0.15, 0.2) is 0 Å². The molecule has 1 saturated carbocycles. The molecule has 0 saturated heterocycles. The molecule has 3 heteroatoms. The van der Waals surface area contributed by atoms with Gasteiger partial charge < -0.3 is 11.1 Å². The van der Waals surface area contributed by atoms with Gasteiger partial charge in [-0.25, -0.2) is 0 Å². The first-order chi connectivity index (χ1) is 8.22. The molecule has 1 aliphatic carbocycles. The second-order valence-corrected chi connectivity index (χ2v) is 5.30.